The summed E-state index contributed by atoms with van der Waals surface area (Å²) in [6.45, 7) is 2.28. The van der Waals surface area contributed by atoms with Crippen molar-refractivity contribution < 1.29 is 18.7 Å². The largest absolute Gasteiger partial charge is 0.382 e. The van der Waals surface area contributed by atoms with Gasteiger partial charge in [0.1, 0.15) is 5.82 Å². The molecule has 1 fully saturated rings. The molecule has 0 unspecified atom stereocenters. The third kappa shape index (κ3) is 7.40. The lowest BCUT2D eigenvalue weighted by molar-refractivity contribution is 0.0604. The highest BCUT2D eigenvalue weighted by molar-refractivity contribution is 5.94. The molecule has 5 nitrogen and oxygen atoms in total. The third-order valence-corrected chi connectivity index (χ3v) is 4.70. The Kier molecular flexibility index (Phi) is 9.60. The molecule has 26 heavy (non-hydrogen) atoms. The van der Waals surface area contributed by atoms with E-state index in [1.54, 1.807) is 13.2 Å². The van der Waals surface area contributed by atoms with Gasteiger partial charge in [-0.05, 0) is 31.0 Å². The topological polar surface area (TPSA) is 59.6 Å². The normalized spacial score (nSPS) is 15.6. The number of rotatable bonds is 10. The standard InChI is InChI=1S/C20H31FN2O3/c1-25-12-13-26-15-17-14-16(8-9-19(17)21)20(24)23-11-10-22-18-6-4-2-3-5-7-18/h8-9,14,18,22H,2-7,10-13,15H2,1H3,(H,23,24). The Morgan fingerprint density at radius 3 is 2.65 bits per heavy atom. The Hall–Kier alpha value is -1.50. The van der Waals surface area contributed by atoms with Crippen LogP contribution in [0.1, 0.15) is 54.4 Å². The van der Waals surface area contributed by atoms with Crippen molar-refractivity contribution in [2.75, 3.05) is 33.4 Å². The maximum Gasteiger partial charge on any atom is 0.251 e. The number of benzene rings is 1. The summed E-state index contributed by atoms with van der Waals surface area (Å²) in [5.41, 5.74) is 0.830. The van der Waals surface area contributed by atoms with Gasteiger partial charge in [0, 0.05) is 37.4 Å². The monoisotopic (exact) mass is 366 g/mol. The first-order valence-electron chi connectivity index (χ1n) is 9.57. The molecular weight excluding hydrogens is 335 g/mol. The fourth-order valence-corrected chi connectivity index (χ4v) is 3.19. The summed E-state index contributed by atoms with van der Waals surface area (Å²) in [6.07, 6.45) is 7.67. The Morgan fingerprint density at radius 2 is 1.92 bits per heavy atom. The van der Waals surface area contributed by atoms with Crippen LogP contribution < -0.4 is 10.6 Å². The summed E-state index contributed by atoms with van der Waals surface area (Å²) in [4.78, 5) is 12.3. The molecule has 146 valence electrons. The van der Waals surface area contributed by atoms with E-state index in [4.69, 9.17) is 9.47 Å². The molecule has 0 aliphatic heterocycles. The molecule has 1 aliphatic rings. The lowest BCUT2D eigenvalue weighted by Crippen LogP contribution is -2.36. The van der Waals surface area contributed by atoms with E-state index in [1.165, 1.54) is 50.7 Å². The van der Waals surface area contributed by atoms with Crippen LogP contribution in [0.5, 0.6) is 0 Å². The van der Waals surface area contributed by atoms with E-state index in [2.05, 4.69) is 10.6 Å². The van der Waals surface area contributed by atoms with Gasteiger partial charge in [0.25, 0.3) is 5.91 Å². The number of methoxy groups -OCH3 is 1. The van der Waals surface area contributed by atoms with Crippen LogP contribution in [0.15, 0.2) is 18.2 Å². The maximum atomic E-state index is 13.8. The molecule has 0 radical (unpaired) electrons. The van der Waals surface area contributed by atoms with Gasteiger partial charge in [0.15, 0.2) is 0 Å². The van der Waals surface area contributed by atoms with E-state index >= 15 is 0 Å². The van der Waals surface area contributed by atoms with E-state index < -0.39 is 0 Å². The molecule has 2 rings (SSSR count). The van der Waals surface area contributed by atoms with Gasteiger partial charge in [-0.2, -0.15) is 0 Å². The quantitative estimate of drug-likeness (QED) is 0.494. The lowest BCUT2D eigenvalue weighted by Gasteiger charge is -2.16. The summed E-state index contributed by atoms with van der Waals surface area (Å²) in [7, 11) is 1.58. The van der Waals surface area contributed by atoms with Gasteiger partial charge in [0.05, 0.1) is 19.8 Å². The minimum Gasteiger partial charge on any atom is -0.382 e. The van der Waals surface area contributed by atoms with Crippen LogP contribution in [0.25, 0.3) is 0 Å². The summed E-state index contributed by atoms with van der Waals surface area (Å²) in [6, 6.07) is 4.93. The van der Waals surface area contributed by atoms with E-state index in [0.29, 0.717) is 36.9 Å². The molecule has 1 aromatic carbocycles. The molecule has 0 spiro atoms. The summed E-state index contributed by atoms with van der Waals surface area (Å²) in [5, 5.41) is 6.41. The van der Waals surface area contributed by atoms with Crippen LogP contribution in [0.2, 0.25) is 0 Å². The minimum atomic E-state index is -0.367. The van der Waals surface area contributed by atoms with Gasteiger partial charge >= 0.3 is 0 Å². The van der Waals surface area contributed by atoms with Crippen molar-refractivity contribution >= 4 is 5.91 Å². The van der Waals surface area contributed by atoms with Crippen LogP contribution in [-0.4, -0.2) is 45.4 Å². The van der Waals surface area contributed by atoms with Gasteiger partial charge in [-0.1, -0.05) is 25.7 Å². The molecular formula is C20H31FN2O3. The molecule has 0 heterocycles. The number of carbonyl (C=O) groups is 1. The van der Waals surface area contributed by atoms with E-state index in [1.807, 2.05) is 0 Å². The zero-order valence-corrected chi connectivity index (χ0v) is 15.7. The molecule has 6 heteroatoms. The molecule has 0 saturated heterocycles. The minimum absolute atomic E-state index is 0.125. The van der Waals surface area contributed by atoms with Crippen molar-refractivity contribution in [3.05, 3.63) is 35.1 Å². The van der Waals surface area contributed by atoms with Gasteiger partial charge in [-0.15, -0.1) is 0 Å². The number of hydrogen-bond acceptors (Lipinski definition) is 4. The Labute approximate surface area is 155 Å². The molecule has 1 aromatic rings. The number of amides is 1. The molecule has 0 atom stereocenters. The highest BCUT2D eigenvalue weighted by Gasteiger charge is 2.12. The van der Waals surface area contributed by atoms with Crippen LogP contribution in [-0.2, 0) is 16.1 Å². The molecule has 1 aliphatic carbocycles. The number of carbonyl (C=O) groups excluding carboxylic acids is 1. The van der Waals surface area contributed by atoms with Crippen molar-refractivity contribution in [3.63, 3.8) is 0 Å². The predicted molar refractivity (Wildman–Crippen MR) is 99.8 cm³/mol. The van der Waals surface area contributed by atoms with Crippen LogP contribution in [0, 0.1) is 5.82 Å². The van der Waals surface area contributed by atoms with Gasteiger partial charge in [0.2, 0.25) is 0 Å². The first kappa shape index (κ1) is 20.8. The van der Waals surface area contributed by atoms with E-state index in [9.17, 15) is 9.18 Å². The number of halogens is 1. The first-order chi connectivity index (χ1) is 12.7. The number of hydrogen-bond donors (Lipinski definition) is 2. The fraction of sp³-hybridized carbons (Fsp3) is 0.650. The molecule has 2 N–H and O–H groups in total. The van der Waals surface area contributed by atoms with Gasteiger partial charge in [-0.3, -0.25) is 4.79 Å². The zero-order chi connectivity index (χ0) is 18.6. The average Bonchev–Trinajstić information content (AvgIpc) is 2.92. The molecule has 1 amide bonds. The number of nitrogens with one attached hydrogen (secondary N) is 2. The third-order valence-electron chi connectivity index (χ3n) is 4.70. The van der Waals surface area contributed by atoms with Crippen molar-refractivity contribution in [2.24, 2.45) is 0 Å². The second kappa shape index (κ2) is 12.0. The fourth-order valence-electron chi connectivity index (χ4n) is 3.19. The van der Waals surface area contributed by atoms with Crippen molar-refractivity contribution in [1.29, 1.82) is 0 Å². The Balaban J connectivity index is 1.73. The SMILES string of the molecule is COCCOCc1cc(C(=O)NCCNC2CCCCCC2)ccc1F. The van der Waals surface area contributed by atoms with Crippen molar-refractivity contribution in [3.8, 4) is 0 Å². The first-order valence-corrected chi connectivity index (χ1v) is 9.57. The zero-order valence-electron chi connectivity index (χ0n) is 15.7. The Morgan fingerprint density at radius 1 is 1.15 bits per heavy atom. The van der Waals surface area contributed by atoms with Crippen LogP contribution in [0.4, 0.5) is 4.39 Å². The number of ether oxygens (including phenoxy) is 2. The maximum absolute atomic E-state index is 13.8. The summed E-state index contributed by atoms with van der Waals surface area (Å²) >= 11 is 0. The molecule has 1 saturated carbocycles. The van der Waals surface area contributed by atoms with Gasteiger partial charge in [-0.25, -0.2) is 4.39 Å². The van der Waals surface area contributed by atoms with Crippen molar-refractivity contribution in [2.45, 2.75) is 51.2 Å². The lowest BCUT2D eigenvalue weighted by atomic mass is 10.1. The smallest absolute Gasteiger partial charge is 0.251 e. The summed E-state index contributed by atoms with van der Waals surface area (Å²) in [5.74, 6) is -0.556. The van der Waals surface area contributed by atoms with Crippen LogP contribution in [0.3, 0.4) is 0 Å². The molecule has 0 bridgehead atoms. The Bertz CT molecular complexity index is 546. The second-order valence-electron chi connectivity index (χ2n) is 6.75. The predicted octanol–water partition coefficient (Wildman–Crippen LogP) is 3.03. The van der Waals surface area contributed by atoms with Gasteiger partial charge < -0.3 is 20.1 Å². The average molecular weight is 366 g/mol. The summed E-state index contributed by atoms with van der Waals surface area (Å²) < 4.78 is 24.1. The second-order valence-corrected chi connectivity index (χ2v) is 6.75. The van der Waals surface area contributed by atoms with E-state index in [-0.39, 0.29) is 18.3 Å². The van der Waals surface area contributed by atoms with E-state index in [0.717, 1.165) is 6.54 Å². The molecule has 0 aromatic heterocycles. The highest BCUT2D eigenvalue weighted by atomic mass is 19.1. The van der Waals surface area contributed by atoms with Crippen LogP contribution >= 0.6 is 0 Å². The highest BCUT2D eigenvalue weighted by Crippen LogP contribution is 2.17. The van der Waals surface area contributed by atoms with Crippen molar-refractivity contribution in [1.82, 2.24) is 10.6 Å².